The highest BCUT2D eigenvalue weighted by atomic mass is 16.2. The maximum absolute atomic E-state index is 11.9. The molecule has 2 aliphatic rings. The number of hydrogen-bond acceptors (Lipinski definition) is 2. The van der Waals surface area contributed by atoms with Crippen molar-refractivity contribution in [1.82, 2.24) is 5.32 Å². The van der Waals surface area contributed by atoms with E-state index in [1.54, 1.807) is 0 Å². The van der Waals surface area contributed by atoms with Crippen LogP contribution in [0.25, 0.3) is 22.4 Å². The van der Waals surface area contributed by atoms with Crippen molar-refractivity contribution in [2.45, 2.75) is 6.42 Å². The minimum absolute atomic E-state index is 0.318. The van der Waals surface area contributed by atoms with Gasteiger partial charge in [-0.3, -0.25) is 14.9 Å². The lowest BCUT2D eigenvalue weighted by molar-refractivity contribution is -0.123. The Morgan fingerprint density at radius 3 is 2.75 bits per heavy atom. The van der Waals surface area contributed by atoms with E-state index in [-0.39, 0.29) is 11.8 Å². The van der Waals surface area contributed by atoms with Gasteiger partial charge in [-0.05, 0) is 33.9 Å². The molecular weight excluding hydrogens is 250 g/mol. The van der Waals surface area contributed by atoms with Crippen LogP contribution >= 0.6 is 0 Å². The monoisotopic (exact) mass is 261 g/mol. The Bertz CT molecular complexity index is 843. The first kappa shape index (κ1) is 11.2. The number of rotatable bonds is 1. The van der Waals surface area contributed by atoms with Gasteiger partial charge in [0.1, 0.15) is 0 Å². The summed E-state index contributed by atoms with van der Waals surface area (Å²) in [6.45, 7) is 0. The second-order valence-electron chi connectivity index (χ2n) is 5.02. The van der Waals surface area contributed by atoms with Crippen LogP contribution in [0.2, 0.25) is 0 Å². The van der Waals surface area contributed by atoms with E-state index in [9.17, 15) is 9.59 Å². The number of hydrogen-bond donors (Lipinski definition) is 1. The van der Waals surface area contributed by atoms with Crippen LogP contribution in [0, 0.1) is 0 Å². The molecule has 0 saturated heterocycles. The minimum Gasteiger partial charge on any atom is -0.289 e. The molecule has 3 nitrogen and oxygen atoms in total. The van der Waals surface area contributed by atoms with Gasteiger partial charge in [0.2, 0.25) is 0 Å². The molecule has 4 rings (SSSR count). The number of benzene rings is 2. The summed E-state index contributed by atoms with van der Waals surface area (Å²) < 4.78 is 0. The topological polar surface area (TPSA) is 46.2 Å². The number of nitrogens with one attached hydrogen (secondary N) is 1. The number of carbonyl (C=O) groups excluding carboxylic acids is 2. The number of amides is 2. The van der Waals surface area contributed by atoms with E-state index < -0.39 is 0 Å². The van der Waals surface area contributed by atoms with Crippen molar-refractivity contribution in [2.75, 3.05) is 0 Å². The number of allylic oxidation sites excluding steroid dienone is 1. The molecule has 0 aromatic heterocycles. The van der Waals surface area contributed by atoms with Gasteiger partial charge in [-0.1, -0.05) is 42.5 Å². The fourth-order valence-electron chi connectivity index (χ4n) is 2.98. The van der Waals surface area contributed by atoms with Crippen molar-refractivity contribution in [3.05, 3.63) is 59.2 Å². The molecule has 2 aromatic rings. The summed E-state index contributed by atoms with van der Waals surface area (Å²) in [5.74, 6) is -0.660. The molecule has 0 atom stereocenters. The summed E-state index contributed by atoms with van der Waals surface area (Å²) in [4.78, 5) is 23.2. The zero-order valence-corrected chi connectivity index (χ0v) is 10.6. The predicted molar refractivity (Wildman–Crippen MR) is 77.8 cm³/mol. The van der Waals surface area contributed by atoms with Gasteiger partial charge >= 0.3 is 0 Å². The first-order chi connectivity index (χ1) is 9.74. The highest BCUT2D eigenvalue weighted by Crippen LogP contribution is 2.34. The van der Waals surface area contributed by atoms with Crippen molar-refractivity contribution < 1.29 is 9.59 Å². The van der Waals surface area contributed by atoms with E-state index in [1.165, 1.54) is 17.0 Å². The van der Waals surface area contributed by atoms with E-state index in [4.69, 9.17) is 0 Å². The SMILES string of the molecule is O=C1C=C(c2ccc3cccc4c3c2C=CC4)C(=O)N1. The molecule has 1 aliphatic heterocycles. The van der Waals surface area contributed by atoms with Crippen LogP contribution < -0.4 is 5.32 Å². The second-order valence-corrected chi connectivity index (χ2v) is 5.02. The first-order valence-corrected chi connectivity index (χ1v) is 6.52. The molecule has 0 saturated carbocycles. The molecule has 1 N–H and O–H groups in total. The van der Waals surface area contributed by atoms with Gasteiger partial charge in [0.05, 0.1) is 5.57 Å². The fraction of sp³-hybridized carbons (Fsp3) is 0.0588. The Balaban J connectivity index is 2.06. The molecule has 0 radical (unpaired) electrons. The minimum atomic E-state index is -0.342. The summed E-state index contributed by atoms with van der Waals surface area (Å²) >= 11 is 0. The van der Waals surface area contributed by atoms with Gasteiger partial charge in [0.25, 0.3) is 11.8 Å². The molecule has 96 valence electrons. The lowest BCUT2D eigenvalue weighted by atomic mass is 9.87. The van der Waals surface area contributed by atoms with Crippen molar-refractivity contribution in [1.29, 1.82) is 0 Å². The fourth-order valence-corrected chi connectivity index (χ4v) is 2.98. The zero-order chi connectivity index (χ0) is 13.7. The van der Waals surface area contributed by atoms with Crippen molar-refractivity contribution in [3.8, 4) is 0 Å². The van der Waals surface area contributed by atoms with Gasteiger partial charge in [0, 0.05) is 6.08 Å². The Labute approximate surface area is 115 Å². The third kappa shape index (κ3) is 1.46. The van der Waals surface area contributed by atoms with E-state index in [0.717, 1.165) is 22.9 Å². The molecule has 20 heavy (non-hydrogen) atoms. The van der Waals surface area contributed by atoms with Crippen LogP contribution in [-0.4, -0.2) is 11.8 Å². The third-order valence-electron chi connectivity index (χ3n) is 3.84. The molecule has 3 heteroatoms. The molecule has 2 aromatic carbocycles. The largest absolute Gasteiger partial charge is 0.289 e. The summed E-state index contributed by atoms with van der Waals surface area (Å²) in [7, 11) is 0. The van der Waals surface area contributed by atoms with E-state index >= 15 is 0 Å². The maximum Gasteiger partial charge on any atom is 0.258 e. The first-order valence-electron chi connectivity index (χ1n) is 6.52. The molecule has 0 fully saturated rings. The van der Waals surface area contributed by atoms with Gasteiger partial charge in [-0.2, -0.15) is 0 Å². The van der Waals surface area contributed by atoms with E-state index in [2.05, 4.69) is 23.5 Å². The molecule has 1 aliphatic carbocycles. The van der Waals surface area contributed by atoms with Crippen molar-refractivity contribution in [3.63, 3.8) is 0 Å². The van der Waals surface area contributed by atoms with Gasteiger partial charge in [-0.15, -0.1) is 0 Å². The Morgan fingerprint density at radius 2 is 1.95 bits per heavy atom. The number of carbonyl (C=O) groups is 2. The third-order valence-corrected chi connectivity index (χ3v) is 3.84. The summed E-state index contributed by atoms with van der Waals surface area (Å²) in [5, 5.41) is 4.65. The zero-order valence-electron chi connectivity index (χ0n) is 10.6. The van der Waals surface area contributed by atoms with E-state index in [0.29, 0.717) is 5.57 Å². The molecule has 2 amide bonds. The summed E-state index contributed by atoms with van der Waals surface area (Å²) in [6.07, 6.45) is 6.42. The molecule has 0 spiro atoms. The lowest BCUT2D eigenvalue weighted by Crippen LogP contribution is -2.22. The molecule has 1 heterocycles. The molecular formula is C17H11NO2. The average molecular weight is 261 g/mol. The summed E-state index contributed by atoms with van der Waals surface area (Å²) in [6, 6.07) is 10.1. The lowest BCUT2D eigenvalue weighted by Gasteiger charge is -2.16. The van der Waals surface area contributed by atoms with Crippen LogP contribution in [0.3, 0.4) is 0 Å². The van der Waals surface area contributed by atoms with Crippen LogP contribution in [0.1, 0.15) is 16.7 Å². The average Bonchev–Trinajstić information content (AvgIpc) is 2.79. The van der Waals surface area contributed by atoms with Crippen molar-refractivity contribution in [2.24, 2.45) is 0 Å². The Kier molecular flexibility index (Phi) is 2.18. The smallest absolute Gasteiger partial charge is 0.258 e. The van der Waals surface area contributed by atoms with Crippen LogP contribution in [0.5, 0.6) is 0 Å². The Morgan fingerprint density at radius 1 is 1.05 bits per heavy atom. The molecule has 0 bridgehead atoms. The highest BCUT2D eigenvalue weighted by molar-refractivity contribution is 6.34. The van der Waals surface area contributed by atoms with Crippen LogP contribution in [0.15, 0.2) is 42.5 Å². The molecule has 0 unspecified atom stereocenters. The quantitative estimate of drug-likeness (QED) is 0.801. The van der Waals surface area contributed by atoms with E-state index in [1.807, 2.05) is 24.3 Å². The summed E-state index contributed by atoms with van der Waals surface area (Å²) in [5.41, 5.74) is 3.56. The number of imide groups is 1. The van der Waals surface area contributed by atoms with Crippen LogP contribution in [0.4, 0.5) is 0 Å². The standard InChI is InChI=1S/C17H11NO2/c19-15-9-14(17(20)18-15)12-8-7-11-4-1-3-10-5-2-6-13(12)16(10)11/h1-4,6-9H,5H2,(H,18,19,20). The van der Waals surface area contributed by atoms with Gasteiger partial charge < -0.3 is 0 Å². The maximum atomic E-state index is 11.9. The second kappa shape index (κ2) is 3.90. The highest BCUT2D eigenvalue weighted by Gasteiger charge is 2.25. The van der Waals surface area contributed by atoms with Crippen molar-refractivity contribution >= 4 is 34.2 Å². The predicted octanol–water partition coefficient (Wildman–Crippen LogP) is 2.45. The normalized spacial score (nSPS) is 16.5. The van der Waals surface area contributed by atoms with Crippen LogP contribution in [-0.2, 0) is 16.0 Å². The van der Waals surface area contributed by atoms with Gasteiger partial charge in [-0.25, -0.2) is 0 Å². The Hall–Kier alpha value is -2.68. The van der Waals surface area contributed by atoms with Gasteiger partial charge in [0.15, 0.2) is 0 Å².